The Hall–Kier alpha value is -1.27. The molecule has 24 heavy (non-hydrogen) atoms. The average molecular weight is 347 g/mol. The van der Waals surface area contributed by atoms with Crippen molar-refractivity contribution in [2.45, 2.75) is 55.4 Å². The van der Waals surface area contributed by atoms with E-state index in [1.54, 1.807) is 0 Å². The molecule has 2 rings (SSSR count). The third-order valence-corrected chi connectivity index (χ3v) is 4.18. The molecule has 1 aliphatic heterocycles. The summed E-state index contributed by atoms with van der Waals surface area (Å²) in [5.41, 5.74) is 8.77. The largest absolute Gasteiger partial charge is 0.394 e. The molecule has 0 bridgehead atoms. The molecule has 0 spiro atoms. The highest BCUT2D eigenvalue weighted by Gasteiger charge is 2.46. The zero-order chi connectivity index (χ0) is 17.9. The van der Waals surface area contributed by atoms with Gasteiger partial charge in [0.25, 0.3) is 0 Å². The Balaban J connectivity index is 2.18. The van der Waals surface area contributed by atoms with Gasteiger partial charge in [0.1, 0.15) is 24.4 Å². The van der Waals surface area contributed by atoms with Crippen LogP contribution in [0.5, 0.6) is 0 Å². The van der Waals surface area contributed by atoms with Crippen LogP contribution in [0.15, 0.2) is 16.8 Å². The summed E-state index contributed by atoms with van der Waals surface area (Å²) in [5.74, 6) is 0. The second-order valence-electron chi connectivity index (χ2n) is 5.72. The first-order valence-electron chi connectivity index (χ1n) is 7.42. The topological polar surface area (TPSA) is 189 Å². The monoisotopic (exact) mass is 347 g/mol. The van der Waals surface area contributed by atoms with Crippen molar-refractivity contribution >= 4 is 0 Å². The number of nitrogens with zero attached hydrogens (tertiary/aromatic N) is 3. The van der Waals surface area contributed by atoms with E-state index in [0.29, 0.717) is 5.57 Å². The molecular formula is C13H21N3O8. The van der Waals surface area contributed by atoms with E-state index in [4.69, 9.17) is 20.1 Å². The molecule has 0 aromatic carbocycles. The Morgan fingerprint density at radius 2 is 1.96 bits per heavy atom. The van der Waals surface area contributed by atoms with Crippen LogP contribution in [-0.2, 0) is 9.47 Å². The third kappa shape index (κ3) is 3.86. The van der Waals surface area contributed by atoms with Crippen molar-refractivity contribution in [1.82, 2.24) is 0 Å². The fraction of sp³-hybridized carbons (Fsp3) is 0.846. The van der Waals surface area contributed by atoms with Crippen LogP contribution in [0.3, 0.4) is 0 Å². The second kappa shape index (κ2) is 8.21. The third-order valence-electron chi connectivity index (χ3n) is 4.18. The van der Waals surface area contributed by atoms with Crippen molar-refractivity contribution in [2.24, 2.45) is 5.11 Å². The van der Waals surface area contributed by atoms with Crippen LogP contribution in [0.25, 0.3) is 10.4 Å². The van der Waals surface area contributed by atoms with Crippen molar-refractivity contribution in [1.29, 1.82) is 0 Å². The molecule has 0 amide bonds. The van der Waals surface area contributed by atoms with Gasteiger partial charge in [-0.3, -0.25) is 0 Å². The summed E-state index contributed by atoms with van der Waals surface area (Å²) in [6, 6.07) is -0.864. The van der Waals surface area contributed by atoms with Crippen LogP contribution in [0.2, 0.25) is 0 Å². The SMILES string of the molecule is [N-]=[N+]=N[C@H]1C=C(CO)[C@H](O[C@H]2[C@H](O)[C@@H](CO)OC(O)[C@@H]2O)C[C@@H]1O. The molecule has 136 valence electrons. The minimum atomic E-state index is -1.67. The number of rotatable bonds is 5. The zero-order valence-electron chi connectivity index (χ0n) is 12.7. The zero-order valence-corrected chi connectivity index (χ0v) is 12.7. The summed E-state index contributed by atoms with van der Waals surface area (Å²) in [6.45, 7) is -1.05. The fourth-order valence-corrected chi connectivity index (χ4v) is 2.83. The Morgan fingerprint density at radius 1 is 1.25 bits per heavy atom. The lowest BCUT2D eigenvalue weighted by molar-refractivity contribution is -0.299. The van der Waals surface area contributed by atoms with Crippen molar-refractivity contribution in [3.8, 4) is 0 Å². The fourth-order valence-electron chi connectivity index (χ4n) is 2.83. The van der Waals surface area contributed by atoms with E-state index >= 15 is 0 Å². The van der Waals surface area contributed by atoms with Gasteiger partial charge in [0, 0.05) is 11.3 Å². The minimum Gasteiger partial charge on any atom is -0.394 e. The van der Waals surface area contributed by atoms with Gasteiger partial charge in [-0.2, -0.15) is 0 Å². The van der Waals surface area contributed by atoms with Crippen LogP contribution >= 0.6 is 0 Å². The first-order chi connectivity index (χ1) is 11.4. The minimum absolute atomic E-state index is 0.0488. The maximum absolute atomic E-state index is 10.1. The molecule has 1 heterocycles. The lowest BCUT2D eigenvalue weighted by Crippen LogP contribution is -2.60. The smallest absolute Gasteiger partial charge is 0.184 e. The number of aliphatic hydroxyl groups is 6. The highest BCUT2D eigenvalue weighted by atomic mass is 16.6. The van der Waals surface area contributed by atoms with Crippen molar-refractivity contribution in [2.75, 3.05) is 13.2 Å². The van der Waals surface area contributed by atoms with E-state index in [9.17, 15) is 25.5 Å². The molecule has 11 heteroatoms. The molecule has 1 saturated heterocycles. The van der Waals surface area contributed by atoms with E-state index in [2.05, 4.69) is 10.0 Å². The molecule has 1 fully saturated rings. The molecule has 0 aromatic heterocycles. The number of hydrogen-bond acceptors (Lipinski definition) is 9. The van der Waals surface area contributed by atoms with Crippen LogP contribution in [0.4, 0.5) is 0 Å². The van der Waals surface area contributed by atoms with Gasteiger partial charge in [0.2, 0.25) is 0 Å². The van der Waals surface area contributed by atoms with Gasteiger partial charge >= 0.3 is 0 Å². The van der Waals surface area contributed by atoms with Crippen molar-refractivity contribution < 1.29 is 40.1 Å². The van der Waals surface area contributed by atoms with E-state index in [1.165, 1.54) is 6.08 Å². The van der Waals surface area contributed by atoms with Crippen LogP contribution in [0, 0.1) is 0 Å². The van der Waals surface area contributed by atoms with Crippen LogP contribution in [-0.4, -0.2) is 92.8 Å². The van der Waals surface area contributed by atoms with E-state index in [1.807, 2.05) is 0 Å². The summed E-state index contributed by atoms with van der Waals surface area (Å²) in [7, 11) is 0. The molecule has 1 aliphatic carbocycles. The van der Waals surface area contributed by atoms with Gasteiger partial charge in [-0.05, 0) is 11.1 Å². The summed E-state index contributed by atoms with van der Waals surface area (Å²) < 4.78 is 10.4. The van der Waals surface area contributed by atoms with Crippen LogP contribution < -0.4 is 0 Å². The first kappa shape index (κ1) is 19.1. The van der Waals surface area contributed by atoms with Crippen molar-refractivity contribution in [3.05, 3.63) is 22.1 Å². The van der Waals surface area contributed by atoms with Gasteiger partial charge in [0.05, 0.1) is 31.5 Å². The van der Waals surface area contributed by atoms with Gasteiger partial charge in [0.15, 0.2) is 6.29 Å². The van der Waals surface area contributed by atoms with Crippen LogP contribution in [0.1, 0.15) is 6.42 Å². The Bertz CT molecular complexity index is 511. The molecule has 6 N–H and O–H groups in total. The number of ether oxygens (including phenoxy) is 2. The van der Waals surface area contributed by atoms with Gasteiger partial charge in [-0.15, -0.1) is 0 Å². The highest BCUT2D eigenvalue weighted by molar-refractivity contribution is 5.19. The quantitative estimate of drug-likeness (QED) is 0.136. The maximum Gasteiger partial charge on any atom is 0.184 e. The molecule has 1 unspecified atom stereocenters. The molecule has 11 nitrogen and oxygen atoms in total. The van der Waals surface area contributed by atoms with E-state index in [-0.39, 0.29) is 6.42 Å². The second-order valence-corrected chi connectivity index (χ2v) is 5.72. The molecule has 8 atom stereocenters. The molecular weight excluding hydrogens is 326 g/mol. The number of azide groups is 1. The average Bonchev–Trinajstić information content (AvgIpc) is 2.57. The summed E-state index contributed by atoms with van der Waals surface area (Å²) >= 11 is 0. The van der Waals surface area contributed by atoms with Gasteiger partial charge in [-0.1, -0.05) is 11.2 Å². The summed E-state index contributed by atoms with van der Waals surface area (Å²) in [6.07, 6.45) is -7.79. The van der Waals surface area contributed by atoms with E-state index < -0.39 is 62.2 Å². The van der Waals surface area contributed by atoms with Crippen molar-refractivity contribution in [3.63, 3.8) is 0 Å². The van der Waals surface area contributed by atoms with E-state index in [0.717, 1.165) is 0 Å². The Labute approximate surface area is 137 Å². The summed E-state index contributed by atoms with van der Waals surface area (Å²) in [5, 5.41) is 61.7. The Kier molecular flexibility index (Phi) is 6.52. The predicted molar refractivity (Wildman–Crippen MR) is 77.4 cm³/mol. The summed E-state index contributed by atoms with van der Waals surface area (Å²) in [4.78, 5) is 2.61. The first-order valence-corrected chi connectivity index (χ1v) is 7.42. The molecule has 0 radical (unpaired) electrons. The van der Waals surface area contributed by atoms with Gasteiger partial charge in [-0.25, -0.2) is 0 Å². The van der Waals surface area contributed by atoms with Gasteiger partial charge < -0.3 is 40.1 Å². The number of aliphatic hydroxyl groups excluding tert-OH is 6. The maximum atomic E-state index is 10.1. The predicted octanol–water partition coefficient (Wildman–Crippen LogP) is -2.47. The Morgan fingerprint density at radius 3 is 2.54 bits per heavy atom. The highest BCUT2D eigenvalue weighted by Crippen LogP contribution is 2.29. The molecule has 0 aromatic rings. The molecule has 0 saturated carbocycles. The number of hydrogen-bond donors (Lipinski definition) is 6. The standard InChI is InChI=1S/C13H21N3O8/c14-16-15-6-1-5(3-17)8(2-7(6)19)23-12-10(20)9(4-18)24-13(22)11(12)21/h1,6-13,17-22H,2-4H2/t6-,7-,8+,9+,10+,11+,12-,13?/m0/s1. The lowest BCUT2D eigenvalue weighted by Gasteiger charge is -2.42. The normalized spacial score (nSPS) is 43.0. The lowest BCUT2D eigenvalue weighted by atomic mass is 9.90. The molecule has 2 aliphatic rings.